The molecule has 1 amide bonds. The molecule has 2 rings (SSSR count). The Morgan fingerprint density at radius 1 is 1.50 bits per heavy atom. The van der Waals surface area contributed by atoms with Crippen LogP contribution >= 0.6 is 11.3 Å². The number of rotatable bonds is 6. The van der Waals surface area contributed by atoms with Crippen molar-refractivity contribution in [2.24, 2.45) is 0 Å². The second-order valence-corrected chi connectivity index (χ2v) is 8.92. The average Bonchev–Trinajstić information content (AvgIpc) is 3.01. The van der Waals surface area contributed by atoms with Gasteiger partial charge in [0.25, 0.3) is 10.2 Å². The van der Waals surface area contributed by atoms with Crippen molar-refractivity contribution in [3.63, 3.8) is 0 Å². The summed E-state index contributed by atoms with van der Waals surface area (Å²) >= 11 is 1.69. The maximum absolute atomic E-state index is 12.7. The minimum atomic E-state index is -3.81. The summed E-state index contributed by atoms with van der Waals surface area (Å²) < 4.78 is 26.5. The number of thiophene rings is 1. The van der Waals surface area contributed by atoms with Crippen LogP contribution in [0.25, 0.3) is 0 Å². The third kappa shape index (κ3) is 3.62. The van der Waals surface area contributed by atoms with E-state index in [9.17, 15) is 13.2 Å². The number of nitriles is 1. The fraction of sp³-hybridized carbons (Fsp3) is 0.600. The summed E-state index contributed by atoms with van der Waals surface area (Å²) in [4.78, 5) is 15.8. The van der Waals surface area contributed by atoms with Crippen molar-refractivity contribution in [1.82, 2.24) is 13.5 Å². The van der Waals surface area contributed by atoms with Gasteiger partial charge in [0.2, 0.25) is 5.91 Å². The van der Waals surface area contributed by atoms with Gasteiger partial charge in [-0.15, -0.1) is 11.3 Å². The molecule has 0 aromatic carbocycles. The number of carbonyl (C=O) groups excluding carboxylic acids is 1. The Bertz CT molecular complexity index is 736. The first-order valence-electron chi connectivity index (χ1n) is 7.73. The Morgan fingerprint density at radius 2 is 2.21 bits per heavy atom. The molecule has 0 saturated carbocycles. The molecule has 0 fully saturated rings. The fourth-order valence-corrected chi connectivity index (χ4v) is 4.79. The third-order valence-electron chi connectivity index (χ3n) is 4.15. The van der Waals surface area contributed by atoms with Gasteiger partial charge in [0.15, 0.2) is 0 Å². The Balaban J connectivity index is 2.20. The van der Waals surface area contributed by atoms with Gasteiger partial charge in [-0.2, -0.15) is 22.3 Å². The maximum Gasteiger partial charge on any atom is 0.282 e. The van der Waals surface area contributed by atoms with Crippen molar-refractivity contribution < 1.29 is 13.2 Å². The molecular formula is C15H22N4O3S2. The summed E-state index contributed by atoms with van der Waals surface area (Å²) in [5.41, 5.74) is 1.16. The van der Waals surface area contributed by atoms with Crippen LogP contribution in [0.1, 0.15) is 29.8 Å². The van der Waals surface area contributed by atoms with E-state index in [-0.39, 0.29) is 25.0 Å². The van der Waals surface area contributed by atoms with Crippen LogP contribution in [0.5, 0.6) is 0 Å². The Hall–Kier alpha value is -1.47. The fourth-order valence-electron chi connectivity index (χ4n) is 2.91. The van der Waals surface area contributed by atoms with E-state index in [0.717, 1.165) is 27.0 Å². The van der Waals surface area contributed by atoms with Crippen molar-refractivity contribution in [1.29, 1.82) is 5.26 Å². The van der Waals surface area contributed by atoms with Crippen molar-refractivity contribution >= 4 is 27.5 Å². The van der Waals surface area contributed by atoms with Crippen LogP contribution in [0, 0.1) is 11.3 Å². The lowest BCUT2D eigenvalue weighted by molar-refractivity contribution is -0.134. The molecule has 1 aromatic rings. The van der Waals surface area contributed by atoms with Gasteiger partial charge in [-0.25, -0.2) is 0 Å². The number of amides is 1. The minimum Gasteiger partial charge on any atom is -0.334 e. The number of carbonyl (C=O) groups is 1. The summed E-state index contributed by atoms with van der Waals surface area (Å²) in [6.07, 6.45) is 1.56. The van der Waals surface area contributed by atoms with Crippen LogP contribution < -0.4 is 0 Å². The molecule has 1 aliphatic heterocycles. The molecule has 1 unspecified atom stereocenters. The standard InChI is InChI=1S/C15H22N4O3S2/c1-4-13-12-6-10-23-14(12)5-8-19(13)15(20)11-18(9-7-16)24(21,22)17(2)3/h6,10,13H,4-5,8-9,11H2,1-3H3. The smallest absolute Gasteiger partial charge is 0.282 e. The highest BCUT2D eigenvalue weighted by atomic mass is 32.2. The SMILES string of the molecule is CCC1c2ccsc2CCN1C(=O)CN(CC#N)S(=O)(=O)N(C)C. The lowest BCUT2D eigenvalue weighted by atomic mass is 9.98. The first kappa shape index (κ1) is 18.9. The Labute approximate surface area is 147 Å². The van der Waals surface area contributed by atoms with Crippen LogP contribution in [0.4, 0.5) is 0 Å². The normalized spacial score (nSPS) is 17.8. The van der Waals surface area contributed by atoms with E-state index >= 15 is 0 Å². The van der Waals surface area contributed by atoms with Crippen LogP contribution in [0.3, 0.4) is 0 Å². The molecule has 1 aliphatic rings. The monoisotopic (exact) mass is 370 g/mol. The molecule has 0 spiro atoms. The molecule has 7 nitrogen and oxygen atoms in total. The maximum atomic E-state index is 12.7. The van der Waals surface area contributed by atoms with Gasteiger partial charge in [0.05, 0.1) is 18.7 Å². The van der Waals surface area contributed by atoms with E-state index in [1.807, 2.05) is 24.4 Å². The molecule has 24 heavy (non-hydrogen) atoms. The first-order valence-corrected chi connectivity index (χ1v) is 10.0. The second-order valence-electron chi connectivity index (χ2n) is 5.78. The zero-order valence-electron chi connectivity index (χ0n) is 14.1. The van der Waals surface area contributed by atoms with Crippen molar-refractivity contribution in [2.75, 3.05) is 33.7 Å². The molecule has 1 atom stereocenters. The lowest BCUT2D eigenvalue weighted by Gasteiger charge is -2.36. The van der Waals surface area contributed by atoms with Gasteiger partial charge in [0, 0.05) is 25.5 Å². The quantitative estimate of drug-likeness (QED) is 0.705. The first-order chi connectivity index (χ1) is 11.3. The largest absolute Gasteiger partial charge is 0.334 e. The highest BCUT2D eigenvalue weighted by Crippen LogP contribution is 2.35. The van der Waals surface area contributed by atoms with Gasteiger partial charge in [0.1, 0.15) is 6.54 Å². The lowest BCUT2D eigenvalue weighted by Crippen LogP contribution is -2.48. The molecule has 0 aliphatic carbocycles. The zero-order chi connectivity index (χ0) is 17.9. The Morgan fingerprint density at radius 3 is 2.79 bits per heavy atom. The highest BCUT2D eigenvalue weighted by molar-refractivity contribution is 7.86. The summed E-state index contributed by atoms with van der Waals surface area (Å²) in [5.74, 6) is -0.264. The van der Waals surface area contributed by atoms with Crippen molar-refractivity contribution in [3.8, 4) is 6.07 Å². The number of nitrogens with zero attached hydrogens (tertiary/aromatic N) is 4. The van der Waals surface area contributed by atoms with Crippen molar-refractivity contribution in [3.05, 3.63) is 21.9 Å². The average molecular weight is 370 g/mol. The third-order valence-corrected chi connectivity index (χ3v) is 6.98. The van der Waals surface area contributed by atoms with Gasteiger partial charge >= 0.3 is 0 Å². The molecule has 132 valence electrons. The molecule has 1 aromatic heterocycles. The minimum absolute atomic E-state index is 0.0292. The Kier molecular flexibility index (Phi) is 5.98. The predicted octanol–water partition coefficient (Wildman–Crippen LogP) is 1.22. The van der Waals surface area contributed by atoms with E-state index in [1.165, 1.54) is 19.0 Å². The number of fused-ring (bicyclic) bond motifs is 1. The van der Waals surface area contributed by atoms with E-state index in [0.29, 0.717) is 6.54 Å². The van der Waals surface area contributed by atoms with Crippen LogP contribution in [0.2, 0.25) is 0 Å². The van der Waals surface area contributed by atoms with Crippen LogP contribution in [-0.2, 0) is 21.4 Å². The predicted molar refractivity (Wildman–Crippen MR) is 92.6 cm³/mol. The second kappa shape index (κ2) is 7.61. The topological polar surface area (TPSA) is 84.7 Å². The van der Waals surface area contributed by atoms with E-state index in [2.05, 4.69) is 0 Å². The van der Waals surface area contributed by atoms with Gasteiger partial charge in [-0.05, 0) is 29.9 Å². The van der Waals surface area contributed by atoms with Crippen LogP contribution in [-0.4, -0.2) is 61.6 Å². The van der Waals surface area contributed by atoms with Crippen molar-refractivity contribution in [2.45, 2.75) is 25.8 Å². The number of hydrogen-bond acceptors (Lipinski definition) is 5. The molecule has 0 saturated heterocycles. The van der Waals surface area contributed by atoms with Gasteiger partial charge < -0.3 is 4.90 Å². The molecular weight excluding hydrogens is 348 g/mol. The molecule has 0 radical (unpaired) electrons. The van der Waals surface area contributed by atoms with Crippen LogP contribution in [0.15, 0.2) is 11.4 Å². The molecule has 0 N–H and O–H groups in total. The van der Waals surface area contributed by atoms with Gasteiger partial charge in [-0.3, -0.25) is 4.79 Å². The van der Waals surface area contributed by atoms with E-state index in [4.69, 9.17) is 5.26 Å². The van der Waals surface area contributed by atoms with Gasteiger partial charge in [-0.1, -0.05) is 6.92 Å². The van der Waals surface area contributed by atoms with E-state index < -0.39 is 10.2 Å². The van der Waals surface area contributed by atoms with E-state index in [1.54, 1.807) is 16.2 Å². The summed E-state index contributed by atoms with van der Waals surface area (Å²) in [6, 6.07) is 3.83. The zero-order valence-corrected chi connectivity index (χ0v) is 15.7. The summed E-state index contributed by atoms with van der Waals surface area (Å²) in [7, 11) is -1.04. The highest BCUT2D eigenvalue weighted by Gasteiger charge is 2.33. The molecule has 2 heterocycles. The molecule has 9 heteroatoms. The number of hydrogen-bond donors (Lipinski definition) is 0. The summed E-state index contributed by atoms with van der Waals surface area (Å²) in [5, 5.41) is 10.9. The molecule has 0 bridgehead atoms. The summed E-state index contributed by atoms with van der Waals surface area (Å²) in [6.45, 7) is 1.93.